The van der Waals surface area contributed by atoms with Gasteiger partial charge in [-0.05, 0) is 36.5 Å². The highest BCUT2D eigenvalue weighted by molar-refractivity contribution is 5.84. The van der Waals surface area contributed by atoms with E-state index in [4.69, 9.17) is 10.5 Å². The summed E-state index contributed by atoms with van der Waals surface area (Å²) in [6, 6.07) is 5.93. The van der Waals surface area contributed by atoms with Gasteiger partial charge >= 0.3 is 5.97 Å². The van der Waals surface area contributed by atoms with Gasteiger partial charge in [-0.3, -0.25) is 4.79 Å². The van der Waals surface area contributed by atoms with Crippen LogP contribution in [0.25, 0.3) is 0 Å². The molecule has 0 radical (unpaired) electrons. The highest BCUT2D eigenvalue weighted by Crippen LogP contribution is 2.43. The molecule has 0 aliphatic heterocycles. The van der Waals surface area contributed by atoms with Crippen molar-refractivity contribution in [3.8, 4) is 0 Å². The molecule has 4 nitrogen and oxygen atoms in total. The number of nitrogens with two attached hydrogens (primary N) is 1. The highest BCUT2D eigenvalue weighted by Gasteiger charge is 2.43. The Labute approximate surface area is 127 Å². The van der Waals surface area contributed by atoms with Gasteiger partial charge in [-0.25, -0.2) is 0 Å². The molecule has 0 bridgehead atoms. The molecule has 3 N–H and O–H groups in total. The Kier molecular flexibility index (Phi) is 4.76. The molecule has 1 fully saturated rings. The van der Waals surface area contributed by atoms with Crippen LogP contribution < -0.4 is 11.1 Å². The van der Waals surface area contributed by atoms with E-state index in [1.807, 2.05) is 18.2 Å². The minimum atomic E-state index is -0.501. The first-order valence-corrected chi connectivity index (χ1v) is 7.72. The Balaban J connectivity index is 2.27. The lowest BCUT2D eigenvalue weighted by Gasteiger charge is -2.27. The van der Waals surface area contributed by atoms with Gasteiger partial charge in [0.1, 0.15) is 0 Å². The maximum atomic E-state index is 12.3. The molecule has 116 valence electrons. The van der Waals surface area contributed by atoms with Gasteiger partial charge in [0, 0.05) is 6.54 Å². The summed E-state index contributed by atoms with van der Waals surface area (Å²) in [6.07, 6.45) is 3.81. The molecular weight excluding hydrogens is 264 g/mol. The van der Waals surface area contributed by atoms with E-state index in [1.54, 1.807) is 0 Å². The molecule has 0 heterocycles. The first kappa shape index (κ1) is 15.7. The second kappa shape index (κ2) is 6.37. The van der Waals surface area contributed by atoms with Gasteiger partial charge in [-0.2, -0.15) is 0 Å². The number of esters is 1. The molecule has 0 aromatic heterocycles. The molecule has 0 saturated heterocycles. The van der Waals surface area contributed by atoms with E-state index in [2.05, 4.69) is 19.2 Å². The first-order valence-electron chi connectivity index (χ1n) is 7.72. The quantitative estimate of drug-likeness (QED) is 0.645. The number of methoxy groups -OCH3 is 1. The number of hydrogen-bond donors (Lipinski definition) is 2. The van der Waals surface area contributed by atoms with Gasteiger partial charge in [0.2, 0.25) is 0 Å². The van der Waals surface area contributed by atoms with Crippen LogP contribution in [0.15, 0.2) is 18.2 Å². The van der Waals surface area contributed by atoms with Crippen molar-refractivity contribution in [3.05, 3.63) is 23.8 Å². The highest BCUT2D eigenvalue weighted by atomic mass is 16.5. The normalized spacial score (nSPS) is 17.0. The van der Waals surface area contributed by atoms with E-state index in [-0.39, 0.29) is 5.97 Å². The Morgan fingerprint density at radius 2 is 2.05 bits per heavy atom. The fraction of sp³-hybridized carbons (Fsp3) is 0.588. The molecule has 1 aliphatic carbocycles. The van der Waals surface area contributed by atoms with E-state index in [9.17, 15) is 4.79 Å². The van der Waals surface area contributed by atoms with Crippen molar-refractivity contribution in [1.29, 1.82) is 0 Å². The minimum Gasteiger partial charge on any atom is -0.468 e. The van der Waals surface area contributed by atoms with Crippen LogP contribution in [0.3, 0.4) is 0 Å². The molecule has 1 aliphatic rings. The number of rotatable bonds is 5. The number of carbonyl (C=O) groups is 1. The van der Waals surface area contributed by atoms with E-state index >= 15 is 0 Å². The van der Waals surface area contributed by atoms with Crippen molar-refractivity contribution in [2.75, 3.05) is 24.7 Å². The summed E-state index contributed by atoms with van der Waals surface area (Å²) in [5.41, 5.74) is 8.28. The van der Waals surface area contributed by atoms with Crippen molar-refractivity contribution in [3.63, 3.8) is 0 Å². The lowest BCUT2D eigenvalue weighted by Crippen LogP contribution is -2.34. The zero-order valence-corrected chi connectivity index (χ0v) is 13.2. The summed E-state index contributed by atoms with van der Waals surface area (Å²) in [5, 5.41) is 3.34. The summed E-state index contributed by atoms with van der Waals surface area (Å²) in [7, 11) is 1.46. The minimum absolute atomic E-state index is 0.137. The van der Waals surface area contributed by atoms with Gasteiger partial charge in [0.05, 0.1) is 23.9 Å². The van der Waals surface area contributed by atoms with Crippen molar-refractivity contribution in [1.82, 2.24) is 0 Å². The van der Waals surface area contributed by atoms with Crippen molar-refractivity contribution in [2.45, 2.75) is 44.9 Å². The van der Waals surface area contributed by atoms with Crippen LogP contribution in [-0.2, 0) is 14.9 Å². The predicted molar refractivity (Wildman–Crippen MR) is 86.3 cm³/mol. The third kappa shape index (κ3) is 3.14. The van der Waals surface area contributed by atoms with Crippen molar-refractivity contribution < 1.29 is 9.53 Å². The van der Waals surface area contributed by atoms with Crippen LogP contribution in [0.4, 0.5) is 11.4 Å². The van der Waals surface area contributed by atoms with Gasteiger partial charge in [0.25, 0.3) is 0 Å². The Hall–Kier alpha value is -1.71. The average molecular weight is 290 g/mol. The van der Waals surface area contributed by atoms with Crippen LogP contribution in [0.5, 0.6) is 0 Å². The lowest BCUT2D eigenvalue weighted by atomic mass is 9.78. The third-order valence-electron chi connectivity index (χ3n) is 4.34. The number of nitrogens with one attached hydrogen (secondary N) is 1. The average Bonchev–Trinajstić information content (AvgIpc) is 2.95. The fourth-order valence-corrected chi connectivity index (χ4v) is 3.12. The van der Waals surface area contributed by atoms with Gasteiger partial charge in [-0.1, -0.05) is 32.8 Å². The van der Waals surface area contributed by atoms with E-state index in [0.29, 0.717) is 11.6 Å². The standard InChI is InChI=1S/C17H26N2O2/c1-12(2)11-19-15-7-6-13(10-14(15)18)17(16(20)21-3)8-4-5-9-17/h6-7,10,12,19H,4-5,8-9,11,18H2,1-3H3. The smallest absolute Gasteiger partial charge is 0.316 e. The molecule has 1 saturated carbocycles. The maximum Gasteiger partial charge on any atom is 0.316 e. The van der Waals surface area contributed by atoms with Crippen LogP contribution in [-0.4, -0.2) is 19.6 Å². The molecule has 4 heteroatoms. The van der Waals surface area contributed by atoms with Crippen molar-refractivity contribution >= 4 is 17.3 Å². The second-order valence-electron chi connectivity index (χ2n) is 6.36. The molecule has 1 aromatic carbocycles. The van der Waals surface area contributed by atoms with E-state index in [0.717, 1.165) is 43.5 Å². The molecule has 0 spiro atoms. The number of benzene rings is 1. The van der Waals surface area contributed by atoms with Crippen LogP contribution in [0.1, 0.15) is 45.1 Å². The van der Waals surface area contributed by atoms with Gasteiger partial charge in [-0.15, -0.1) is 0 Å². The summed E-state index contributed by atoms with van der Waals surface area (Å²) < 4.78 is 5.05. The summed E-state index contributed by atoms with van der Waals surface area (Å²) in [4.78, 5) is 12.3. The number of ether oxygens (including phenoxy) is 1. The summed E-state index contributed by atoms with van der Waals surface area (Å²) >= 11 is 0. The molecule has 1 aromatic rings. The molecular formula is C17H26N2O2. The first-order chi connectivity index (χ1) is 9.99. The SMILES string of the molecule is COC(=O)C1(c2ccc(NCC(C)C)c(N)c2)CCCC1. The molecule has 21 heavy (non-hydrogen) atoms. The predicted octanol–water partition coefficient (Wildman–Crippen LogP) is 3.32. The topological polar surface area (TPSA) is 64.3 Å². The number of nitrogen functional groups attached to an aromatic ring is 1. The van der Waals surface area contributed by atoms with Crippen LogP contribution in [0, 0.1) is 5.92 Å². The Morgan fingerprint density at radius 3 is 2.57 bits per heavy atom. The van der Waals surface area contributed by atoms with Gasteiger partial charge in [0.15, 0.2) is 0 Å². The third-order valence-corrected chi connectivity index (χ3v) is 4.34. The van der Waals surface area contributed by atoms with E-state index in [1.165, 1.54) is 7.11 Å². The molecule has 0 atom stereocenters. The lowest BCUT2D eigenvalue weighted by molar-refractivity contribution is -0.147. The number of anilines is 2. The van der Waals surface area contributed by atoms with Crippen LogP contribution >= 0.6 is 0 Å². The Morgan fingerprint density at radius 1 is 1.38 bits per heavy atom. The monoisotopic (exact) mass is 290 g/mol. The molecule has 0 unspecified atom stereocenters. The maximum absolute atomic E-state index is 12.3. The van der Waals surface area contributed by atoms with Crippen molar-refractivity contribution in [2.24, 2.45) is 5.92 Å². The number of hydrogen-bond acceptors (Lipinski definition) is 4. The largest absolute Gasteiger partial charge is 0.468 e. The second-order valence-corrected chi connectivity index (χ2v) is 6.36. The number of carbonyl (C=O) groups excluding carboxylic acids is 1. The molecule has 2 rings (SSSR count). The van der Waals surface area contributed by atoms with E-state index < -0.39 is 5.41 Å². The summed E-state index contributed by atoms with van der Waals surface area (Å²) in [6.45, 7) is 5.19. The van der Waals surface area contributed by atoms with Crippen LogP contribution in [0.2, 0.25) is 0 Å². The molecule has 0 amide bonds. The fourth-order valence-electron chi connectivity index (χ4n) is 3.12. The Bertz CT molecular complexity index is 506. The zero-order chi connectivity index (χ0) is 15.5. The zero-order valence-electron chi connectivity index (χ0n) is 13.2. The van der Waals surface area contributed by atoms with Gasteiger partial charge < -0.3 is 15.8 Å². The summed E-state index contributed by atoms with van der Waals surface area (Å²) in [5.74, 6) is 0.419.